The Balaban J connectivity index is 0.000000288. The molecule has 4 aliphatic heterocycles. The van der Waals surface area contributed by atoms with Gasteiger partial charge < -0.3 is 47.6 Å². The van der Waals surface area contributed by atoms with Gasteiger partial charge in [-0.05, 0) is 95.9 Å². The lowest BCUT2D eigenvalue weighted by Crippen LogP contribution is -2.46. The van der Waals surface area contributed by atoms with Gasteiger partial charge in [0.1, 0.15) is 68.1 Å². The van der Waals surface area contributed by atoms with Crippen LogP contribution >= 0.6 is 24.2 Å². The van der Waals surface area contributed by atoms with E-state index in [1.807, 2.05) is 46.2 Å². The van der Waals surface area contributed by atoms with E-state index < -0.39 is 154 Å². The zero-order valence-electron chi connectivity index (χ0n) is 57.7. The van der Waals surface area contributed by atoms with Crippen LogP contribution in [0, 0.1) is 47.4 Å². The molecule has 15 atom stereocenters. The molecule has 8 rings (SSSR count). The van der Waals surface area contributed by atoms with Crippen LogP contribution in [0.4, 0.5) is 0 Å². The number of nitrogens with zero attached hydrogens (tertiary/aromatic N) is 8. The second-order valence-electron chi connectivity index (χ2n) is 25.7. The fourth-order valence-corrected chi connectivity index (χ4v) is 16.9. The average Bonchev–Trinajstić information content (AvgIpc) is 1.65. The number of phosphoric ester groups is 2. The summed E-state index contributed by atoms with van der Waals surface area (Å²) in [7, 11) is -10.9. The van der Waals surface area contributed by atoms with Crippen LogP contribution in [0.1, 0.15) is 155 Å². The summed E-state index contributed by atoms with van der Waals surface area (Å²) in [6.07, 6.45) is -4.58. The molecule has 0 spiro atoms. The summed E-state index contributed by atoms with van der Waals surface area (Å²) >= 11 is 0. The number of rotatable bonds is 30. The zero-order chi connectivity index (χ0) is 73.2. The highest BCUT2D eigenvalue weighted by atomic mass is 31.2. The summed E-state index contributed by atoms with van der Waals surface area (Å²) in [4.78, 5) is 117. The Morgan fingerprint density at radius 2 is 0.869 bits per heavy atom. The van der Waals surface area contributed by atoms with Gasteiger partial charge in [-0.2, -0.15) is 0 Å². The molecule has 546 valence electrons. The summed E-state index contributed by atoms with van der Waals surface area (Å²) < 4.78 is 109. The maximum Gasteiger partial charge on any atom is 0.476 e. The van der Waals surface area contributed by atoms with Gasteiger partial charge in [0.15, 0.2) is 0 Å². The van der Waals surface area contributed by atoms with Crippen LogP contribution in [0.2, 0.25) is 0 Å². The second-order valence-corrected chi connectivity index (χ2v) is 30.2. The van der Waals surface area contributed by atoms with Gasteiger partial charge in [0.05, 0.1) is 36.6 Å². The van der Waals surface area contributed by atoms with Gasteiger partial charge in [0.2, 0.25) is 19.6 Å². The van der Waals surface area contributed by atoms with Gasteiger partial charge in [-0.25, -0.2) is 52.7 Å². The first-order valence-electron chi connectivity index (χ1n) is 32.3. The van der Waals surface area contributed by atoms with Crippen molar-refractivity contribution in [2.24, 2.45) is 0 Å². The molecule has 0 aliphatic carbocycles. The van der Waals surface area contributed by atoms with Crippen molar-refractivity contribution in [3.05, 3.63) is 165 Å². The lowest BCUT2D eigenvalue weighted by molar-refractivity contribution is -0.125. The van der Waals surface area contributed by atoms with Crippen molar-refractivity contribution < 1.29 is 69.4 Å². The summed E-state index contributed by atoms with van der Waals surface area (Å²) in [5.74, 6) is 0. The standard InChI is InChI=1S/C35H53N7O12P2.C26H36N5O11P/c1-12-25-26(17-28(50-25)40-19-23(6)31(43)38-33(40)45)53-56(47,49-16-14-37-11)54-35(8,9)30-27(18-29(51-30)41-20-24(7)32(44)39-34(41)46)52-55(48-15-13-36-10)42(21(2)3)22(4)5;1-7-17-18(11-20(39-17)31-13-15(3)23(34)29-25(31)36)41-43(37,38-9-8-27-6)42-26(4,5)21-16(32)10-19(40-21)30-12-14(2)22(33)28-24(30)35/h19-22,25-30H,12-18H2,1-9H3,(H,38,43,45)(H,39,44,46);12-13,16-21,32H,7-11H2,1-5H3,(H,28,33,35)(H,29,34,36)/t25-,26-,27-,28-,29-,30+,55?,56?;16-,17-,18-,19-,20-,21+,43?/m11/s1. The maximum atomic E-state index is 14.8. The number of aliphatic hydroxyl groups excluding tert-OH is 1. The van der Waals surface area contributed by atoms with Crippen LogP contribution in [0.15, 0.2) is 63.1 Å². The van der Waals surface area contributed by atoms with Crippen molar-refractivity contribution in [2.45, 2.75) is 232 Å². The topological polar surface area (TPSA) is 401 Å². The first-order chi connectivity index (χ1) is 46.5. The van der Waals surface area contributed by atoms with Crippen molar-refractivity contribution in [3.63, 3.8) is 0 Å². The Morgan fingerprint density at radius 3 is 1.22 bits per heavy atom. The van der Waals surface area contributed by atoms with Crippen molar-refractivity contribution in [1.82, 2.24) is 42.9 Å². The predicted molar refractivity (Wildman–Crippen MR) is 356 cm³/mol. The minimum atomic E-state index is -4.61. The summed E-state index contributed by atoms with van der Waals surface area (Å²) in [5, 5.41) is 10.9. The predicted octanol–water partition coefficient (Wildman–Crippen LogP) is 5.85. The minimum Gasteiger partial charge on any atom is -0.390 e. The molecule has 4 fully saturated rings. The fourth-order valence-electron chi connectivity index (χ4n) is 11.8. The van der Waals surface area contributed by atoms with Crippen LogP contribution in [-0.4, -0.2) is 160 Å². The molecule has 5 N–H and O–H groups in total. The zero-order valence-corrected chi connectivity index (χ0v) is 60.4. The lowest BCUT2D eigenvalue weighted by atomic mass is 9.97. The Labute approximate surface area is 570 Å². The number of aliphatic hydroxyl groups is 1. The maximum absolute atomic E-state index is 14.8. The van der Waals surface area contributed by atoms with E-state index in [1.165, 1.54) is 59.3 Å². The van der Waals surface area contributed by atoms with Crippen molar-refractivity contribution in [3.8, 4) is 0 Å². The highest BCUT2D eigenvalue weighted by molar-refractivity contribution is 7.48. The Hall–Kier alpha value is -6.48. The van der Waals surface area contributed by atoms with E-state index in [1.54, 1.807) is 34.6 Å². The number of H-pyrrole nitrogens is 4. The highest BCUT2D eigenvalue weighted by Gasteiger charge is 2.55. The SMILES string of the molecule is [C-]#[N+]CCOP(=O)(O[C@@H]1C[C@H](n2cc(C)c(=O)[nH]c2=O)O[C@@H]1CC)OC(C)(C)[C@H]1O[C@@H](n2cc(C)c(=O)[nH]c2=O)C[C@H]1O.[C-]#[N+]CCOP(O[C@@H]1C[C@H](n2cc(C)c(=O)[nH]c2=O)O[C@@H]1C(C)(C)OP(=O)(OCC[N+]#[C-])O[C@@H]1C[C@H](n2cc(C)c(=O)[nH]c2=O)O[C@@H]1CC)N(C(C)C)C(C)C. The number of ether oxygens (including phenoxy) is 4. The molecular formula is C61H89N12O23P3. The molecule has 0 radical (unpaired) electrons. The number of phosphoric acid groups is 2. The molecule has 3 unspecified atom stereocenters. The smallest absolute Gasteiger partial charge is 0.390 e. The van der Waals surface area contributed by atoms with E-state index in [9.17, 15) is 52.6 Å². The fraction of sp³-hybridized carbons (Fsp3) is 0.689. The van der Waals surface area contributed by atoms with E-state index in [0.717, 1.165) is 4.57 Å². The van der Waals surface area contributed by atoms with Crippen LogP contribution in [0.25, 0.3) is 14.5 Å². The molecule has 8 heterocycles. The normalized spacial score (nSPS) is 25.6. The molecule has 4 saturated heterocycles. The number of aromatic nitrogens is 8. The number of aryl methyl sites for hydroxylation is 4. The lowest BCUT2D eigenvalue weighted by Gasteiger charge is -2.40. The van der Waals surface area contributed by atoms with Gasteiger partial charge in [-0.3, -0.25) is 84.5 Å². The molecule has 0 amide bonds. The largest absolute Gasteiger partial charge is 0.476 e. The first kappa shape index (κ1) is 79.8. The summed E-state index contributed by atoms with van der Waals surface area (Å²) in [6, 6.07) is -0.0765. The highest BCUT2D eigenvalue weighted by Crippen LogP contribution is 2.60. The molecule has 4 aromatic heterocycles. The molecule has 4 aliphatic rings. The van der Waals surface area contributed by atoms with Crippen LogP contribution in [0.5, 0.6) is 0 Å². The third-order valence-corrected chi connectivity index (χ3v) is 22.1. The van der Waals surface area contributed by atoms with E-state index in [0.29, 0.717) is 24.0 Å². The van der Waals surface area contributed by atoms with Crippen LogP contribution < -0.4 is 45.0 Å². The first-order valence-corrected chi connectivity index (χ1v) is 36.3. The molecular weight excluding hydrogens is 1360 g/mol. The quantitative estimate of drug-likeness (QED) is 0.0232. The third-order valence-electron chi connectivity index (χ3n) is 16.5. The minimum absolute atomic E-state index is 0.0318. The van der Waals surface area contributed by atoms with E-state index >= 15 is 0 Å². The number of hydrogen-bond donors (Lipinski definition) is 5. The van der Waals surface area contributed by atoms with Gasteiger partial charge in [-0.15, -0.1) is 0 Å². The monoisotopic (exact) mass is 1450 g/mol. The third kappa shape index (κ3) is 19.8. The average molecular weight is 1450 g/mol. The van der Waals surface area contributed by atoms with E-state index in [4.69, 9.17) is 74.9 Å². The molecule has 35 nitrogen and oxygen atoms in total. The molecule has 99 heavy (non-hydrogen) atoms. The number of aromatic amines is 4. The Kier molecular flexibility index (Phi) is 27.4. The van der Waals surface area contributed by atoms with Gasteiger partial charge in [0.25, 0.3) is 30.8 Å². The number of nitrogens with one attached hydrogen (secondary N) is 4. The van der Waals surface area contributed by atoms with Crippen molar-refractivity contribution in [1.29, 1.82) is 0 Å². The van der Waals surface area contributed by atoms with Gasteiger partial charge in [-0.1, -0.05) is 13.8 Å². The molecule has 0 bridgehead atoms. The van der Waals surface area contributed by atoms with Crippen molar-refractivity contribution in [2.75, 3.05) is 39.5 Å². The molecule has 38 heteroatoms. The van der Waals surface area contributed by atoms with Crippen molar-refractivity contribution >= 4 is 24.2 Å². The summed E-state index contributed by atoms with van der Waals surface area (Å²) in [5.41, 5.74) is -6.87. The molecule has 0 saturated carbocycles. The van der Waals surface area contributed by atoms with E-state index in [2.05, 4.69) is 34.5 Å². The van der Waals surface area contributed by atoms with Gasteiger partial charge in [0, 0.05) is 84.8 Å². The molecule has 4 aromatic rings. The van der Waals surface area contributed by atoms with E-state index in [-0.39, 0.29) is 88.3 Å². The summed E-state index contributed by atoms with van der Waals surface area (Å²) in [6.45, 7) is 44.9. The van der Waals surface area contributed by atoms with Gasteiger partial charge >= 0.3 is 38.4 Å². The van der Waals surface area contributed by atoms with Crippen LogP contribution in [0.3, 0.4) is 0 Å². The molecule has 0 aromatic carbocycles. The van der Waals surface area contributed by atoms with Crippen LogP contribution in [-0.2, 0) is 64.3 Å². The second kappa shape index (κ2) is 34.0. The number of hydrogen-bond acceptors (Lipinski definition) is 24. The Morgan fingerprint density at radius 1 is 0.545 bits per heavy atom. The Bertz CT molecular complexity index is 4210.